The molecule has 0 bridgehead atoms. The largest absolute Gasteiger partial charge is 0.475 e. The average Bonchev–Trinajstić information content (AvgIpc) is 3.20. The lowest BCUT2D eigenvalue weighted by atomic mass is 10.0. The first kappa shape index (κ1) is 24.8. The molecule has 6 nitrogen and oxygen atoms in total. The van der Waals surface area contributed by atoms with Crippen molar-refractivity contribution in [2.24, 2.45) is 0 Å². The van der Waals surface area contributed by atoms with Crippen molar-refractivity contribution < 1.29 is 18.8 Å². The van der Waals surface area contributed by atoms with Crippen LogP contribution in [0, 0.1) is 0 Å². The number of rotatable bonds is 14. The Kier molecular flexibility index (Phi) is 10.8. The van der Waals surface area contributed by atoms with Crippen LogP contribution in [0.1, 0.15) is 90.7 Å². The molecule has 30 heavy (non-hydrogen) atoms. The second kappa shape index (κ2) is 13.1. The van der Waals surface area contributed by atoms with E-state index in [1.807, 2.05) is 6.92 Å². The average molecular weight is 439 g/mol. The Morgan fingerprint density at radius 1 is 1.13 bits per heavy atom. The van der Waals surface area contributed by atoms with Gasteiger partial charge in [0.2, 0.25) is 6.23 Å². The standard InChI is InChI=1S/C23H40N3O3S/c1-5-7-9-11-15-21(27)29-19(3)26(4)16-13-14-20(18-26)22-23(25-30-24-22)28-17-12-10-8-6-2/h14,19H,5-13,15-18H2,1-4H3/q+1. The maximum absolute atomic E-state index is 12.3. The zero-order valence-corrected chi connectivity index (χ0v) is 20.1. The second-order valence-electron chi connectivity index (χ2n) is 8.61. The Labute approximate surface area is 186 Å². The van der Waals surface area contributed by atoms with Crippen molar-refractivity contribution in [3.63, 3.8) is 0 Å². The number of unbranched alkanes of at least 4 members (excludes halogenated alkanes) is 6. The lowest BCUT2D eigenvalue weighted by Gasteiger charge is -2.41. The van der Waals surface area contributed by atoms with Gasteiger partial charge in [0.05, 0.1) is 31.9 Å². The number of aromatic nitrogens is 2. The third-order valence-corrected chi connectivity index (χ3v) is 6.49. The summed E-state index contributed by atoms with van der Waals surface area (Å²) in [6.07, 6.45) is 12.5. The molecule has 0 N–H and O–H groups in total. The number of hydrogen-bond acceptors (Lipinski definition) is 6. The summed E-state index contributed by atoms with van der Waals surface area (Å²) in [6.45, 7) is 8.79. The van der Waals surface area contributed by atoms with E-state index in [0.29, 0.717) is 23.4 Å². The van der Waals surface area contributed by atoms with Crippen LogP contribution in [0.5, 0.6) is 5.88 Å². The summed E-state index contributed by atoms with van der Waals surface area (Å²) in [4.78, 5) is 12.3. The molecule has 0 radical (unpaired) electrons. The number of nitrogens with zero attached hydrogens (tertiary/aromatic N) is 3. The van der Waals surface area contributed by atoms with Gasteiger partial charge < -0.3 is 9.47 Å². The van der Waals surface area contributed by atoms with Crippen LogP contribution in [0.2, 0.25) is 0 Å². The summed E-state index contributed by atoms with van der Waals surface area (Å²) in [5.41, 5.74) is 2.00. The van der Waals surface area contributed by atoms with Crippen LogP contribution in [-0.2, 0) is 9.53 Å². The van der Waals surface area contributed by atoms with E-state index in [0.717, 1.165) is 50.0 Å². The van der Waals surface area contributed by atoms with Crippen molar-refractivity contribution in [1.82, 2.24) is 8.75 Å². The molecule has 2 atom stereocenters. The monoisotopic (exact) mass is 438 g/mol. The predicted octanol–water partition coefficient (Wildman–Crippen LogP) is 5.59. The van der Waals surface area contributed by atoms with Gasteiger partial charge in [-0.05, 0) is 12.8 Å². The van der Waals surface area contributed by atoms with Gasteiger partial charge in [-0.15, -0.1) is 4.37 Å². The van der Waals surface area contributed by atoms with Crippen LogP contribution < -0.4 is 4.74 Å². The highest BCUT2D eigenvalue weighted by atomic mass is 32.1. The zero-order chi connectivity index (χ0) is 21.8. The number of hydrogen-bond donors (Lipinski definition) is 0. The summed E-state index contributed by atoms with van der Waals surface area (Å²) >= 11 is 1.20. The zero-order valence-electron chi connectivity index (χ0n) is 19.3. The molecule has 0 spiro atoms. The summed E-state index contributed by atoms with van der Waals surface area (Å²) in [5.74, 6) is 0.567. The molecule has 2 rings (SSSR count). The fraction of sp³-hybridized carbons (Fsp3) is 0.783. The summed E-state index contributed by atoms with van der Waals surface area (Å²) in [7, 11) is 2.16. The second-order valence-corrected chi connectivity index (χ2v) is 9.13. The van der Waals surface area contributed by atoms with Crippen LogP contribution >= 0.6 is 11.7 Å². The number of carbonyl (C=O) groups excluding carboxylic acids is 1. The van der Waals surface area contributed by atoms with Crippen molar-refractivity contribution in [1.29, 1.82) is 0 Å². The molecule has 0 amide bonds. The number of carbonyl (C=O) groups is 1. The van der Waals surface area contributed by atoms with E-state index >= 15 is 0 Å². The quantitative estimate of drug-likeness (QED) is 0.215. The normalized spacial score (nSPS) is 19.9. The van der Waals surface area contributed by atoms with E-state index in [-0.39, 0.29) is 12.2 Å². The van der Waals surface area contributed by atoms with Crippen LogP contribution in [0.3, 0.4) is 0 Å². The van der Waals surface area contributed by atoms with E-state index in [9.17, 15) is 4.79 Å². The summed E-state index contributed by atoms with van der Waals surface area (Å²) < 4.78 is 21.3. The van der Waals surface area contributed by atoms with Crippen LogP contribution in [-0.4, -0.2) is 52.2 Å². The Morgan fingerprint density at radius 3 is 2.60 bits per heavy atom. The minimum atomic E-state index is -0.183. The van der Waals surface area contributed by atoms with Crippen molar-refractivity contribution in [3.05, 3.63) is 11.8 Å². The van der Waals surface area contributed by atoms with Crippen LogP contribution in [0.15, 0.2) is 6.08 Å². The molecule has 7 heteroatoms. The van der Waals surface area contributed by atoms with Gasteiger partial charge in [0.15, 0.2) is 0 Å². The topological polar surface area (TPSA) is 61.3 Å². The molecule has 1 aromatic rings. The highest BCUT2D eigenvalue weighted by Gasteiger charge is 2.36. The fourth-order valence-electron chi connectivity index (χ4n) is 3.79. The fourth-order valence-corrected chi connectivity index (χ4v) is 4.32. The predicted molar refractivity (Wildman–Crippen MR) is 122 cm³/mol. The molecule has 0 saturated heterocycles. The molecule has 0 saturated carbocycles. The molecule has 1 aliphatic heterocycles. The highest BCUT2D eigenvalue weighted by Crippen LogP contribution is 2.31. The lowest BCUT2D eigenvalue weighted by Crippen LogP contribution is -2.55. The van der Waals surface area contributed by atoms with Gasteiger partial charge in [-0.1, -0.05) is 58.4 Å². The maximum Gasteiger partial charge on any atom is 0.310 e. The van der Waals surface area contributed by atoms with E-state index in [4.69, 9.17) is 9.47 Å². The molecule has 170 valence electrons. The molecule has 2 unspecified atom stereocenters. The summed E-state index contributed by atoms with van der Waals surface area (Å²) in [6, 6.07) is 0. The Morgan fingerprint density at radius 2 is 1.87 bits per heavy atom. The van der Waals surface area contributed by atoms with Gasteiger partial charge in [-0.25, -0.2) is 0 Å². The van der Waals surface area contributed by atoms with Crippen LogP contribution in [0.25, 0.3) is 5.57 Å². The molecule has 0 aliphatic carbocycles. The third-order valence-electron chi connectivity index (χ3n) is 5.98. The first-order chi connectivity index (χ1) is 14.5. The van der Waals surface area contributed by atoms with Crippen molar-refractivity contribution in [2.45, 2.75) is 91.2 Å². The molecular weight excluding hydrogens is 398 g/mol. The molecule has 2 heterocycles. The number of quaternary nitrogens is 1. The number of likely N-dealkylation sites (N-methyl/N-ethyl adjacent to an activating group) is 1. The van der Waals surface area contributed by atoms with Gasteiger partial charge in [-0.3, -0.25) is 9.28 Å². The van der Waals surface area contributed by atoms with Gasteiger partial charge in [0.25, 0.3) is 5.88 Å². The Hall–Kier alpha value is -1.47. The van der Waals surface area contributed by atoms with E-state index in [1.165, 1.54) is 43.8 Å². The van der Waals surface area contributed by atoms with Crippen molar-refractivity contribution >= 4 is 23.3 Å². The van der Waals surface area contributed by atoms with Gasteiger partial charge in [0.1, 0.15) is 12.2 Å². The molecule has 1 aliphatic rings. The minimum absolute atomic E-state index is 0.0829. The molecule has 0 fully saturated rings. The SMILES string of the molecule is CCCCCCOc1nsnc1C1=CCC[N+](C)(C(C)OC(=O)CCCCCC)C1. The Balaban J connectivity index is 1.90. The maximum atomic E-state index is 12.3. The summed E-state index contributed by atoms with van der Waals surface area (Å²) in [5, 5.41) is 0. The smallest absolute Gasteiger partial charge is 0.310 e. The lowest BCUT2D eigenvalue weighted by molar-refractivity contribution is -0.944. The number of esters is 1. The molecular formula is C23H40N3O3S+. The van der Waals surface area contributed by atoms with E-state index in [2.05, 4.69) is 35.7 Å². The van der Waals surface area contributed by atoms with Gasteiger partial charge in [0, 0.05) is 25.3 Å². The molecule has 0 aromatic carbocycles. The van der Waals surface area contributed by atoms with Gasteiger partial charge in [-0.2, -0.15) is 4.37 Å². The third kappa shape index (κ3) is 7.65. The van der Waals surface area contributed by atoms with E-state index < -0.39 is 0 Å². The van der Waals surface area contributed by atoms with Crippen molar-refractivity contribution in [2.75, 3.05) is 26.7 Å². The minimum Gasteiger partial charge on any atom is -0.475 e. The van der Waals surface area contributed by atoms with Gasteiger partial charge >= 0.3 is 5.97 Å². The van der Waals surface area contributed by atoms with E-state index in [1.54, 1.807) is 0 Å². The first-order valence-electron chi connectivity index (χ1n) is 11.7. The van der Waals surface area contributed by atoms with Crippen LogP contribution in [0.4, 0.5) is 0 Å². The molecule has 1 aromatic heterocycles. The number of ether oxygens (including phenoxy) is 2. The first-order valence-corrected chi connectivity index (χ1v) is 12.4. The Bertz CT molecular complexity index is 676. The highest BCUT2D eigenvalue weighted by molar-refractivity contribution is 6.99. The van der Waals surface area contributed by atoms with Crippen molar-refractivity contribution in [3.8, 4) is 5.88 Å².